The van der Waals surface area contributed by atoms with Gasteiger partial charge in [-0.15, -0.1) is 0 Å². The standard InChI is InChI=1S/C11H16N2O3/c1-12-8(14)11(6-4-3-5-7-11)9(15)13(2)10(12)16/h3-7H2,1-2H3. The van der Waals surface area contributed by atoms with Gasteiger partial charge >= 0.3 is 6.03 Å². The Labute approximate surface area is 94.4 Å². The molecular weight excluding hydrogens is 208 g/mol. The summed E-state index contributed by atoms with van der Waals surface area (Å²) in [6.45, 7) is 0. The van der Waals surface area contributed by atoms with E-state index in [0.717, 1.165) is 29.1 Å². The summed E-state index contributed by atoms with van der Waals surface area (Å²) in [6, 6.07) is -0.522. The van der Waals surface area contributed by atoms with Crippen molar-refractivity contribution >= 4 is 17.8 Å². The van der Waals surface area contributed by atoms with Gasteiger partial charge in [0.15, 0.2) is 0 Å². The molecule has 0 N–H and O–H groups in total. The molecule has 0 aromatic carbocycles. The average Bonchev–Trinajstić information content (AvgIpc) is 2.33. The second-order valence-corrected chi connectivity index (χ2v) is 4.65. The van der Waals surface area contributed by atoms with Crippen molar-refractivity contribution in [2.45, 2.75) is 32.1 Å². The highest BCUT2D eigenvalue weighted by atomic mass is 16.2. The average molecular weight is 224 g/mol. The lowest BCUT2D eigenvalue weighted by molar-refractivity contribution is -0.159. The van der Waals surface area contributed by atoms with E-state index in [9.17, 15) is 14.4 Å². The van der Waals surface area contributed by atoms with Crippen molar-refractivity contribution in [1.29, 1.82) is 0 Å². The topological polar surface area (TPSA) is 57.7 Å². The van der Waals surface area contributed by atoms with E-state index in [1.807, 2.05) is 0 Å². The SMILES string of the molecule is CN1C(=O)N(C)C(=O)C2(CCCCC2)C1=O. The van der Waals surface area contributed by atoms with Crippen molar-refractivity contribution in [3.05, 3.63) is 0 Å². The van der Waals surface area contributed by atoms with Crippen molar-refractivity contribution in [3.8, 4) is 0 Å². The van der Waals surface area contributed by atoms with E-state index in [1.165, 1.54) is 14.1 Å². The van der Waals surface area contributed by atoms with E-state index in [4.69, 9.17) is 0 Å². The van der Waals surface area contributed by atoms with Crippen molar-refractivity contribution < 1.29 is 14.4 Å². The van der Waals surface area contributed by atoms with Crippen LogP contribution in [0.25, 0.3) is 0 Å². The Hall–Kier alpha value is -1.39. The van der Waals surface area contributed by atoms with Gasteiger partial charge in [-0.05, 0) is 12.8 Å². The van der Waals surface area contributed by atoms with Gasteiger partial charge in [0.2, 0.25) is 11.8 Å². The zero-order valence-corrected chi connectivity index (χ0v) is 9.65. The smallest absolute Gasteiger partial charge is 0.273 e. The third kappa shape index (κ3) is 1.27. The van der Waals surface area contributed by atoms with Gasteiger partial charge in [0, 0.05) is 14.1 Å². The van der Waals surface area contributed by atoms with Crippen LogP contribution in [0.15, 0.2) is 0 Å². The van der Waals surface area contributed by atoms with E-state index in [0.29, 0.717) is 12.8 Å². The molecule has 1 aliphatic heterocycles. The third-order valence-corrected chi connectivity index (χ3v) is 3.71. The van der Waals surface area contributed by atoms with Crippen LogP contribution in [0.3, 0.4) is 0 Å². The van der Waals surface area contributed by atoms with Crippen molar-refractivity contribution in [2.24, 2.45) is 5.41 Å². The van der Waals surface area contributed by atoms with Crippen molar-refractivity contribution in [3.63, 3.8) is 0 Å². The first-order valence-electron chi connectivity index (χ1n) is 5.61. The first kappa shape index (κ1) is 11.1. The molecule has 16 heavy (non-hydrogen) atoms. The van der Waals surface area contributed by atoms with Crippen LogP contribution in [0.2, 0.25) is 0 Å². The fourth-order valence-corrected chi connectivity index (χ4v) is 2.72. The highest BCUT2D eigenvalue weighted by Gasteiger charge is 2.55. The Morgan fingerprint density at radius 1 is 0.875 bits per heavy atom. The fourth-order valence-electron chi connectivity index (χ4n) is 2.72. The molecular formula is C11H16N2O3. The molecule has 0 atom stereocenters. The second kappa shape index (κ2) is 3.57. The Kier molecular flexibility index (Phi) is 2.48. The van der Waals surface area contributed by atoms with E-state index in [-0.39, 0.29) is 11.8 Å². The predicted octanol–water partition coefficient (Wildman–Crippen LogP) is 0.987. The number of imide groups is 2. The lowest BCUT2D eigenvalue weighted by Crippen LogP contribution is -2.63. The van der Waals surface area contributed by atoms with Gasteiger partial charge in [-0.3, -0.25) is 19.4 Å². The lowest BCUT2D eigenvalue weighted by Gasteiger charge is -2.43. The van der Waals surface area contributed by atoms with Crippen LogP contribution in [-0.4, -0.2) is 41.7 Å². The zero-order valence-electron chi connectivity index (χ0n) is 9.65. The van der Waals surface area contributed by atoms with Crippen LogP contribution < -0.4 is 0 Å². The van der Waals surface area contributed by atoms with Gasteiger partial charge < -0.3 is 0 Å². The van der Waals surface area contributed by atoms with Gasteiger partial charge in [0.1, 0.15) is 5.41 Å². The summed E-state index contributed by atoms with van der Waals surface area (Å²) in [6.07, 6.45) is 3.98. The van der Waals surface area contributed by atoms with Crippen molar-refractivity contribution in [1.82, 2.24) is 9.80 Å². The van der Waals surface area contributed by atoms with Crippen LogP contribution in [0.1, 0.15) is 32.1 Å². The Bertz CT molecular complexity index is 332. The highest BCUT2D eigenvalue weighted by Crippen LogP contribution is 2.41. The van der Waals surface area contributed by atoms with Crippen LogP contribution >= 0.6 is 0 Å². The molecule has 0 bridgehead atoms. The summed E-state index contributed by atoms with van der Waals surface area (Å²) >= 11 is 0. The summed E-state index contributed by atoms with van der Waals surface area (Å²) < 4.78 is 0. The molecule has 0 unspecified atom stereocenters. The minimum atomic E-state index is -0.949. The van der Waals surface area contributed by atoms with Gasteiger partial charge in [0.05, 0.1) is 0 Å². The van der Waals surface area contributed by atoms with Gasteiger partial charge in [-0.25, -0.2) is 4.79 Å². The molecule has 0 aromatic rings. The van der Waals surface area contributed by atoms with Crippen molar-refractivity contribution in [2.75, 3.05) is 14.1 Å². The van der Waals surface area contributed by atoms with E-state index < -0.39 is 11.4 Å². The minimum Gasteiger partial charge on any atom is -0.273 e. The van der Waals surface area contributed by atoms with E-state index >= 15 is 0 Å². The number of amides is 4. The summed E-state index contributed by atoms with van der Waals surface area (Å²) in [5.41, 5.74) is -0.949. The van der Waals surface area contributed by atoms with Gasteiger partial charge in [-0.1, -0.05) is 19.3 Å². The van der Waals surface area contributed by atoms with Crippen LogP contribution in [0, 0.1) is 5.41 Å². The number of hydrogen-bond donors (Lipinski definition) is 0. The molecule has 1 aliphatic carbocycles. The summed E-state index contributed by atoms with van der Waals surface area (Å²) in [5.74, 6) is -0.638. The monoisotopic (exact) mass is 224 g/mol. The second-order valence-electron chi connectivity index (χ2n) is 4.65. The number of carbonyl (C=O) groups excluding carboxylic acids is 3. The predicted molar refractivity (Wildman–Crippen MR) is 56.5 cm³/mol. The van der Waals surface area contributed by atoms with Crippen LogP contribution in [0.4, 0.5) is 4.79 Å². The van der Waals surface area contributed by atoms with Gasteiger partial charge in [-0.2, -0.15) is 0 Å². The maximum atomic E-state index is 12.1. The molecule has 1 heterocycles. The zero-order chi connectivity index (χ0) is 11.9. The molecule has 2 fully saturated rings. The molecule has 0 aromatic heterocycles. The molecule has 2 aliphatic rings. The van der Waals surface area contributed by atoms with Crippen LogP contribution in [-0.2, 0) is 9.59 Å². The maximum absolute atomic E-state index is 12.1. The number of carbonyl (C=O) groups is 3. The number of hydrogen-bond acceptors (Lipinski definition) is 3. The number of rotatable bonds is 0. The number of nitrogens with zero attached hydrogens (tertiary/aromatic N) is 2. The largest absolute Gasteiger partial charge is 0.332 e. The molecule has 1 saturated heterocycles. The number of urea groups is 1. The molecule has 5 heteroatoms. The molecule has 1 saturated carbocycles. The fraction of sp³-hybridized carbons (Fsp3) is 0.727. The lowest BCUT2D eigenvalue weighted by atomic mass is 9.71. The minimum absolute atomic E-state index is 0.319. The first-order chi connectivity index (χ1) is 7.50. The van der Waals surface area contributed by atoms with Gasteiger partial charge in [0.25, 0.3) is 0 Å². The summed E-state index contributed by atoms with van der Waals surface area (Å²) in [5, 5.41) is 0. The van der Waals surface area contributed by atoms with E-state index in [2.05, 4.69) is 0 Å². The third-order valence-electron chi connectivity index (χ3n) is 3.71. The molecule has 4 amide bonds. The molecule has 88 valence electrons. The number of barbiturate groups is 1. The molecule has 1 spiro atoms. The Morgan fingerprint density at radius 2 is 1.31 bits per heavy atom. The van der Waals surface area contributed by atoms with E-state index in [1.54, 1.807) is 0 Å². The van der Waals surface area contributed by atoms with Crippen LogP contribution in [0.5, 0.6) is 0 Å². The highest BCUT2D eigenvalue weighted by molar-refractivity contribution is 6.18. The first-order valence-corrected chi connectivity index (χ1v) is 5.61. The molecule has 0 radical (unpaired) electrons. The molecule has 2 rings (SSSR count). The molecule has 5 nitrogen and oxygen atoms in total. The Balaban J connectivity index is 2.39. The Morgan fingerprint density at radius 3 is 1.75 bits per heavy atom. The normalized spacial score (nSPS) is 25.5. The summed E-state index contributed by atoms with van der Waals surface area (Å²) in [4.78, 5) is 38.0. The maximum Gasteiger partial charge on any atom is 0.332 e. The summed E-state index contributed by atoms with van der Waals surface area (Å²) in [7, 11) is 2.90. The quantitative estimate of drug-likeness (QED) is 0.576.